The third-order valence-electron chi connectivity index (χ3n) is 4.54. The van der Waals surface area contributed by atoms with Gasteiger partial charge in [-0.1, -0.05) is 0 Å². The van der Waals surface area contributed by atoms with Crippen molar-refractivity contribution in [2.45, 2.75) is 26.3 Å². The molecule has 4 heterocycles. The number of nitrogens with zero attached hydrogens (tertiary/aromatic N) is 4. The number of thiazole rings is 1. The molecule has 0 fully saturated rings. The molecule has 3 aromatic heterocycles. The van der Waals surface area contributed by atoms with Crippen LogP contribution in [0.1, 0.15) is 32.2 Å². The highest BCUT2D eigenvalue weighted by molar-refractivity contribution is 7.17. The fourth-order valence-corrected chi connectivity index (χ4v) is 4.92. The minimum atomic E-state index is -0.219. The number of hydrogen-bond acceptors (Lipinski definition) is 7. The average molecular weight is 414 g/mol. The Morgan fingerprint density at radius 1 is 1.29 bits per heavy atom. The third kappa shape index (κ3) is 3.95. The Labute approximate surface area is 170 Å². The highest BCUT2D eigenvalue weighted by atomic mass is 32.1. The molecular weight excluding hydrogens is 394 g/mol. The summed E-state index contributed by atoms with van der Waals surface area (Å²) in [5, 5.41) is 5.52. The molecule has 2 amide bonds. The van der Waals surface area contributed by atoms with Crippen molar-refractivity contribution in [3.05, 3.63) is 50.9 Å². The monoisotopic (exact) mass is 413 g/mol. The summed E-state index contributed by atoms with van der Waals surface area (Å²) in [5.41, 5.74) is 1.88. The van der Waals surface area contributed by atoms with Crippen LogP contribution >= 0.6 is 22.7 Å². The van der Waals surface area contributed by atoms with E-state index in [4.69, 9.17) is 0 Å². The molecule has 4 rings (SSSR count). The highest BCUT2D eigenvalue weighted by Crippen LogP contribution is 2.25. The maximum Gasteiger partial charge on any atom is 0.263 e. The molecule has 3 aromatic rings. The van der Waals surface area contributed by atoms with Gasteiger partial charge in [0.05, 0.1) is 5.69 Å². The standard InChI is InChI=1S/C19H19N5O2S2/c1-12-16(28-19(23-12)17-20-6-2-7-21-17)18(26)22-8-3-15(25)24-9-4-14-13(11-24)5-10-27-14/h2,5-7,10H,3-4,8-9,11H2,1H3,(H,22,26). The van der Waals surface area contributed by atoms with Crippen molar-refractivity contribution >= 4 is 34.5 Å². The van der Waals surface area contributed by atoms with Crippen molar-refractivity contribution in [3.8, 4) is 10.8 Å². The third-order valence-corrected chi connectivity index (χ3v) is 6.72. The molecule has 0 aromatic carbocycles. The molecule has 144 valence electrons. The first-order valence-corrected chi connectivity index (χ1v) is 10.7. The smallest absolute Gasteiger partial charge is 0.263 e. The van der Waals surface area contributed by atoms with Gasteiger partial charge in [0.2, 0.25) is 5.91 Å². The number of carbonyl (C=O) groups excluding carboxylic acids is 2. The lowest BCUT2D eigenvalue weighted by Crippen LogP contribution is -2.37. The van der Waals surface area contributed by atoms with Gasteiger partial charge >= 0.3 is 0 Å². The van der Waals surface area contributed by atoms with Gasteiger partial charge in [-0.3, -0.25) is 9.59 Å². The van der Waals surface area contributed by atoms with E-state index in [9.17, 15) is 9.59 Å². The van der Waals surface area contributed by atoms with Crippen LogP contribution in [0.25, 0.3) is 10.8 Å². The fraction of sp³-hybridized carbons (Fsp3) is 0.316. The zero-order valence-corrected chi connectivity index (χ0v) is 17.0. The van der Waals surface area contributed by atoms with E-state index in [1.807, 2.05) is 4.90 Å². The zero-order chi connectivity index (χ0) is 19.5. The van der Waals surface area contributed by atoms with Crippen LogP contribution in [-0.4, -0.2) is 44.8 Å². The number of rotatable bonds is 5. The topological polar surface area (TPSA) is 88.1 Å². The number of nitrogens with one attached hydrogen (secondary N) is 1. The van der Waals surface area contributed by atoms with Gasteiger partial charge in [0, 0.05) is 43.3 Å². The average Bonchev–Trinajstić information content (AvgIpc) is 3.34. The number of thiophene rings is 1. The van der Waals surface area contributed by atoms with Gasteiger partial charge in [0.1, 0.15) is 4.88 Å². The predicted molar refractivity (Wildman–Crippen MR) is 108 cm³/mol. The van der Waals surface area contributed by atoms with E-state index in [1.165, 1.54) is 21.8 Å². The van der Waals surface area contributed by atoms with Crippen molar-refractivity contribution in [1.29, 1.82) is 0 Å². The van der Waals surface area contributed by atoms with Gasteiger partial charge in [-0.05, 0) is 36.4 Å². The number of carbonyl (C=O) groups is 2. The first-order valence-electron chi connectivity index (χ1n) is 8.98. The molecule has 0 radical (unpaired) electrons. The van der Waals surface area contributed by atoms with Crippen LogP contribution in [0.4, 0.5) is 0 Å². The van der Waals surface area contributed by atoms with Crippen molar-refractivity contribution in [1.82, 2.24) is 25.2 Å². The molecule has 9 heteroatoms. The summed E-state index contributed by atoms with van der Waals surface area (Å²) in [6, 6.07) is 3.82. The summed E-state index contributed by atoms with van der Waals surface area (Å²) in [5.74, 6) is 0.350. The van der Waals surface area contributed by atoms with Crippen molar-refractivity contribution < 1.29 is 9.59 Å². The van der Waals surface area contributed by atoms with Crippen LogP contribution in [0, 0.1) is 6.92 Å². The summed E-state index contributed by atoms with van der Waals surface area (Å²) < 4.78 is 0. The predicted octanol–water partition coefficient (Wildman–Crippen LogP) is 2.67. The van der Waals surface area contributed by atoms with Crippen molar-refractivity contribution in [2.24, 2.45) is 0 Å². The number of fused-ring (bicyclic) bond motifs is 1. The van der Waals surface area contributed by atoms with E-state index in [-0.39, 0.29) is 18.2 Å². The lowest BCUT2D eigenvalue weighted by atomic mass is 10.1. The van der Waals surface area contributed by atoms with Crippen molar-refractivity contribution in [2.75, 3.05) is 13.1 Å². The van der Waals surface area contributed by atoms with E-state index in [0.717, 1.165) is 13.0 Å². The number of aromatic nitrogens is 3. The van der Waals surface area contributed by atoms with Gasteiger partial charge in [-0.2, -0.15) is 0 Å². The van der Waals surface area contributed by atoms with Crippen LogP contribution in [0.15, 0.2) is 29.9 Å². The van der Waals surface area contributed by atoms with Gasteiger partial charge in [-0.15, -0.1) is 22.7 Å². The first kappa shape index (κ1) is 18.7. The summed E-state index contributed by atoms with van der Waals surface area (Å²) >= 11 is 3.01. The van der Waals surface area contributed by atoms with Crippen LogP contribution in [-0.2, 0) is 17.8 Å². The summed E-state index contributed by atoms with van der Waals surface area (Å²) in [7, 11) is 0. The van der Waals surface area contributed by atoms with Crippen LogP contribution in [0.2, 0.25) is 0 Å². The molecule has 0 aliphatic carbocycles. The quantitative estimate of drug-likeness (QED) is 0.695. The second-order valence-corrected chi connectivity index (χ2v) is 8.45. The lowest BCUT2D eigenvalue weighted by molar-refractivity contribution is -0.131. The van der Waals surface area contributed by atoms with Crippen LogP contribution in [0.5, 0.6) is 0 Å². The Morgan fingerprint density at radius 2 is 2.11 bits per heavy atom. The fourth-order valence-electron chi connectivity index (χ4n) is 3.09. The molecule has 0 saturated heterocycles. The largest absolute Gasteiger partial charge is 0.351 e. The number of aryl methyl sites for hydroxylation is 1. The zero-order valence-electron chi connectivity index (χ0n) is 15.3. The summed E-state index contributed by atoms with van der Waals surface area (Å²) in [6.07, 6.45) is 4.49. The molecule has 0 saturated carbocycles. The van der Waals surface area contributed by atoms with E-state index >= 15 is 0 Å². The normalized spacial score (nSPS) is 13.2. The minimum Gasteiger partial charge on any atom is -0.351 e. The number of hydrogen-bond donors (Lipinski definition) is 1. The Balaban J connectivity index is 1.31. The van der Waals surface area contributed by atoms with Gasteiger partial charge in [-0.25, -0.2) is 15.0 Å². The molecule has 28 heavy (non-hydrogen) atoms. The van der Waals surface area contributed by atoms with Crippen molar-refractivity contribution in [3.63, 3.8) is 0 Å². The molecular formula is C19H19N5O2S2. The van der Waals surface area contributed by atoms with E-state index in [2.05, 4.69) is 31.7 Å². The molecule has 7 nitrogen and oxygen atoms in total. The molecule has 0 atom stereocenters. The summed E-state index contributed by atoms with van der Waals surface area (Å²) in [4.78, 5) is 41.4. The molecule has 1 aliphatic heterocycles. The van der Waals surface area contributed by atoms with Crippen LogP contribution < -0.4 is 5.32 Å². The van der Waals surface area contributed by atoms with E-state index < -0.39 is 0 Å². The van der Waals surface area contributed by atoms with E-state index in [0.29, 0.717) is 34.5 Å². The lowest BCUT2D eigenvalue weighted by Gasteiger charge is -2.27. The minimum absolute atomic E-state index is 0.0663. The molecule has 0 unspecified atom stereocenters. The molecule has 1 N–H and O–H groups in total. The Morgan fingerprint density at radius 3 is 2.93 bits per heavy atom. The molecule has 0 spiro atoms. The van der Waals surface area contributed by atoms with Gasteiger partial charge in [0.25, 0.3) is 5.91 Å². The van der Waals surface area contributed by atoms with E-state index in [1.54, 1.807) is 36.7 Å². The number of amides is 2. The molecule has 1 aliphatic rings. The SMILES string of the molecule is Cc1nc(-c2ncccn2)sc1C(=O)NCCC(=O)N1CCc2sccc2C1. The maximum atomic E-state index is 12.5. The van der Waals surface area contributed by atoms with Gasteiger partial charge in [0.15, 0.2) is 10.8 Å². The Bertz CT molecular complexity index is 999. The molecule has 0 bridgehead atoms. The summed E-state index contributed by atoms with van der Waals surface area (Å²) in [6.45, 7) is 3.50. The Kier molecular flexibility index (Phi) is 5.45. The van der Waals surface area contributed by atoms with Crippen LogP contribution in [0.3, 0.4) is 0 Å². The highest BCUT2D eigenvalue weighted by Gasteiger charge is 2.22. The van der Waals surface area contributed by atoms with Gasteiger partial charge < -0.3 is 10.2 Å². The first-order chi connectivity index (χ1) is 13.6. The second kappa shape index (κ2) is 8.15. The second-order valence-electron chi connectivity index (χ2n) is 6.45. The maximum absolute atomic E-state index is 12.5. The Hall–Kier alpha value is -2.65.